The summed E-state index contributed by atoms with van der Waals surface area (Å²) in [5.41, 5.74) is 0.820. The van der Waals surface area contributed by atoms with Crippen LogP contribution in [0.3, 0.4) is 0 Å². The third kappa shape index (κ3) is 1.43. The molecule has 4 nitrogen and oxygen atoms in total. The largest absolute Gasteiger partial charge is 0.279 e. The first-order valence-corrected chi connectivity index (χ1v) is 5.23. The Kier molecular flexibility index (Phi) is 2.29. The van der Waals surface area contributed by atoms with Crippen LogP contribution >= 0.6 is 11.3 Å². The van der Waals surface area contributed by atoms with Crippen LogP contribution in [0.5, 0.6) is 0 Å². The maximum Gasteiger partial charge on any atom is 0.279 e. The molecule has 5 heteroatoms. The summed E-state index contributed by atoms with van der Waals surface area (Å²) in [5, 5.41) is 8.39. The molecule has 0 saturated heterocycles. The molecule has 0 atom stereocenters. The van der Waals surface area contributed by atoms with E-state index in [1.165, 1.54) is 16.0 Å². The van der Waals surface area contributed by atoms with Gasteiger partial charge in [-0.05, 0) is 19.4 Å². The molecule has 0 amide bonds. The van der Waals surface area contributed by atoms with Crippen molar-refractivity contribution in [2.75, 3.05) is 0 Å². The van der Waals surface area contributed by atoms with Gasteiger partial charge in [0, 0.05) is 4.88 Å². The van der Waals surface area contributed by atoms with E-state index in [9.17, 15) is 4.79 Å². The van der Waals surface area contributed by atoms with E-state index in [4.69, 9.17) is 6.42 Å². The van der Waals surface area contributed by atoms with E-state index in [0.29, 0.717) is 10.2 Å². The van der Waals surface area contributed by atoms with Crippen LogP contribution in [0, 0.1) is 26.2 Å². The summed E-state index contributed by atoms with van der Waals surface area (Å²) in [6, 6.07) is 0. The average Bonchev–Trinajstić information content (AvgIpc) is 2.49. The molecule has 0 aliphatic rings. The summed E-state index contributed by atoms with van der Waals surface area (Å²) in [5.74, 6) is 2.38. The molecule has 0 bridgehead atoms. The van der Waals surface area contributed by atoms with E-state index in [2.05, 4.69) is 16.2 Å². The molecule has 76 valence electrons. The molecule has 0 unspecified atom stereocenters. The van der Waals surface area contributed by atoms with Crippen LogP contribution < -0.4 is 5.56 Å². The van der Waals surface area contributed by atoms with Gasteiger partial charge in [0.15, 0.2) is 4.83 Å². The van der Waals surface area contributed by atoms with Crippen LogP contribution in [0.2, 0.25) is 0 Å². The zero-order valence-electron chi connectivity index (χ0n) is 8.44. The van der Waals surface area contributed by atoms with Gasteiger partial charge in [-0.3, -0.25) is 4.79 Å². The van der Waals surface area contributed by atoms with Gasteiger partial charge in [-0.15, -0.1) is 22.9 Å². The first kappa shape index (κ1) is 9.87. The summed E-state index contributed by atoms with van der Waals surface area (Å²) >= 11 is 1.48. The second-order valence-electron chi connectivity index (χ2n) is 3.22. The molecule has 0 spiro atoms. The number of hydrogen-bond acceptors (Lipinski definition) is 4. The van der Waals surface area contributed by atoms with Crippen LogP contribution in [-0.4, -0.2) is 15.0 Å². The minimum Gasteiger partial charge on any atom is -0.267 e. The third-order valence-corrected chi connectivity index (χ3v) is 3.39. The fraction of sp³-hybridized carbons (Fsp3) is 0.300. The smallest absolute Gasteiger partial charge is 0.267 e. The zero-order chi connectivity index (χ0) is 11.0. The average molecular weight is 219 g/mol. The van der Waals surface area contributed by atoms with Gasteiger partial charge in [0.2, 0.25) is 0 Å². The summed E-state index contributed by atoms with van der Waals surface area (Å²) < 4.78 is 1.21. The standard InChI is InChI=1S/C10H9N3OS/c1-4-5-13-10(14)8-6(2)7(3)15-9(8)11-12-13/h1H,5H2,2-3H3. The number of thiophene rings is 1. The van der Waals surface area contributed by atoms with Gasteiger partial charge in [0.1, 0.15) is 6.54 Å². The van der Waals surface area contributed by atoms with Gasteiger partial charge in [-0.25, -0.2) is 0 Å². The van der Waals surface area contributed by atoms with Crippen molar-refractivity contribution in [2.45, 2.75) is 20.4 Å². The molecule has 0 N–H and O–H groups in total. The van der Waals surface area contributed by atoms with Crippen LogP contribution in [0.15, 0.2) is 4.79 Å². The van der Waals surface area contributed by atoms with Crippen molar-refractivity contribution in [2.24, 2.45) is 0 Å². The lowest BCUT2D eigenvalue weighted by atomic mass is 10.2. The molecule has 0 fully saturated rings. The number of rotatable bonds is 1. The first-order valence-electron chi connectivity index (χ1n) is 4.42. The van der Waals surface area contributed by atoms with Crippen molar-refractivity contribution in [1.82, 2.24) is 15.0 Å². The maximum absolute atomic E-state index is 11.9. The number of nitrogens with zero attached hydrogens (tertiary/aromatic N) is 3. The molecule has 2 rings (SSSR count). The summed E-state index contributed by atoms with van der Waals surface area (Å²) in [6.07, 6.45) is 5.14. The third-order valence-electron chi connectivity index (χ3n) is 2.30. The highest BCUT2D eigenvalue weighted by atomic mass is 32.1. The molecule has 0 aliphatic heterocycles. The van der Waals surface area contributed by atoms with Gasteiger partial charge in [-0.1, -0.05) is 11.1 Å². The molecule has 0 radical (unpaired) electrons. The van der Waals surface area contributed by atoms with E-state index in [1.54, 1.807) is 0 Å². The summed E-state index contributed by atoms with van der Waals surface area (Å²) in [6.45, 7) is 4.04. The molecular formula is C10H9N3OS. The lowest BCUT2D eigenvalue weighted by Gasteiger charge is -1.97. The molecule has 15 heavy (non-hydrogen) atoms. The number of hydrogen-bond donors (Lipinski definition) is 0. The van der Waals surface area contributed by atoms with E-state index in [1.807, 2.05) is 13.8 Å². The normalized spacial score (nSPS) is 10.5. The Morgan fingerprint density at radius 1 is 1.53 bits per heavy atom. The van der Waals surface area contributed by atoms with Crippen molar-refractivity contribution < 1.29 is 0 Å². The minimum absolute atomic E-state index is 0.153. The van der Waals surface area contributed by atoms with E-state index in [0.717, 1.165) is 10.4 Å². The van der Waals surface area contributed by atoms with Crippen LogP contribution in [-0.2, 0) is 6.54 Å². The minimum atomic E-state index is -0.153. The van der Waals surface area contributed by atoms with E-state index in [-0.39, 0.29) is 12.1 Å². The summed E-state index contributed by atoms with van der Waals surface area (Å²) in [7, 11) is 0. The highest BCUT2D eigenvalue weighted by Crippen LogP contribution is 2.24. The Balaban J connectivity index is 2.84. The second kappa shape index (κ2) is 3.48. The fourth-order valence-electron chi connectivity index (χ4n) is 1.39. The Bertz CT molecular complexity index is 618. The predicted molar refractivity (Wildman–Crippen MR) is 60.0 cm³/mol. The number of aromatic nitrogens is 3. The molecule has 2 aromatic rings. The predicted octanol–water partition coefficient (Wildman–Crippen LogP) is 1.10. The molecule has 0 aromatic carbocycles. The van der Waals surface area contributed by atoms with Crippen molar-refractivity contribution >= 4 is 21.6 Å². The van der Waals surface area contributed by atoms with Gasteiger partial charge in [0.25, 0.3) is 5.56 Å². The van der Waals surface area contributed by atoms with Gasteiger partial charge >= 0.3 is 0 Å². The van der Waals surface area contributed by atoms with Crippen molar-refractivity contribution in [3.8, 4) is 12.3 Å². The monoisotopic (exact) mass is 219 g/mol. The fourth-order valence-corrected chi connectivity index (χ4v) is 2.35. The van der Waals surface area contributed by atoms with Crippen molar-refractivity contribution in [1.29, 1.82) is 0 Å². The SMILES string of the molecule is C#CCn1nnc2sc(C)c(C)c2c1=O. The van der Waals surface area contributed by atoms with E-state index >= 15 is 0 Å². The second-order valence-corrected chi connectivity index (χ2v) is 4.42. The number of fused-ring (bicyclic) bond motifs is 1. The quantitative estimate of drug-likeness (QED) is 0.675. The van der Waals surface area contributed by atoms with Crippen LogP contribution in [0.4, 0.5) is 0 Å². The molecular weight excluding hydrogens is 210 g/mol. The number of terminal acetylenes is 1. The van der Waals surface area contributed by atoms with Gasteiger partial charge in [0.05, 0.1) is 5.39 Å². The lowest BCUT2D eigenvalue weighted by Crippen LogP contribution is -2.23. The Labute approximate surface area is 90.5 Å². The van der Waals surface area contributed by atoms with Gasteiger partial charge < -0.3 is 0 Å². The Hall–Kier alpha value is -1.67. The Morgan fingerprint density at radius 3 is 2.93 bits per heavy atom. The number of aryl methyl sites for hydroxylation is 2. The van der Waals surface area contributed by atoms with Crippen LogP contribution in [0.1, 0.15) is 10.4 Å². The molecule has 0 aliphatic carbocycles. The highest BCUT2D eigenvalue weighted by Gasteiger charge is 2.12. The van der Waals surface area contributed by atoms with Crippen molar-refractivity contribution in [3.63, 3.8) is 0 Å². The lowest BCUT2D eigenvalue weighted by molar-refractivity contribution is 0.621. The van der Waals surface area contributed by atoms with E-state index < -0.39 is 0 Å². The Morgan fingerprint density at radius 2 is 2.27 bits per heavy atom. The van der Waals surface area contributed by atoms with Gasteiger partial charge in [-0.2, -0.15) is 4.68 Å². The topological polar surface area (TPSA) is 47.8 Å². The highest BCUT2D eigenvalue weighted by molar-refractivity contribution is 7.18. The van der Waals surface area contributed by atoms with Crippen molar-refractivity contribution in [3.05, 3.63) is 20.8 Å². The van der Waals surface area contributed by atoms with Crippen LogP contribution in [0.25, 0.3) is 10.2 Å². The first-order chi connectivity index (χ1) is 7.15. The zero-order valence-corrected chi connectivity index (χ0v) is 9.26. The summed E-state index contributed by atoms with van der Waals surface area (Å²) in [4.78, 5) is 13.7. The molecule has 0 saturated carbocycles. The molecule has 2 heterocycles. The maximum atomic E-state index is 11.9. The molecule has 2 aromatic heterocycles.